The minimum absolute atomic E-state index is 0.0126. The number of nitrogens with zero attached hydrogens (tertiary/aromatic N) is 1. The summed E-state index contributed by atoms with van der Waals surface area (Å²) in [5.74, 6) is 2.99. The van der Waals surface area contributed by atoms with E-state index in [0.717, 1.165) is 67.9 Å². The van der Waals surface area contributed by atoms with Crippen LogP contribution in [0, 0.1) is 46.3 Å². The minimum Gasteiger partial charge on any atom is -0.394 e. The molecule has 10 heteroatoms. The van der Waals surface area contributed by atoms with Crippen molar-refractivity contribution in [2.24, 2.45) is 46.3 Å². The summed E-state index contributed by atoms with van der Waals surface area (Å²) in [6.45, 7) is 11.8. The molecule has 308 valence electrons. The number of amides is 2. The molecule has 0 spiro atoms. The lowest BCUT2D eigenvalue weighted by molar-refractivity contribution is -0.164. The molecule has 0 aromatic carbocycles. The highest BCUT2D eigenvalue weighted by molar-refractivity contribution is 5.91. The average molecular weight is 759 g/mol. The van der Waals surface area contributed by atoms with Crippen molar-refractivity contribution < 1.29 is 39.5 Å². The zero-order valence-corrected chi connectivity index (χ0v) is 34.3. The summed E-state index contributed by atoms with van der Waals surface area (Å²) < 4.78 is 11.1. The van der Waals surface area contributed by atoms with E-state index in [1.807, 2.05) is 6.08 Å². The number of rotatable bonds is 18. The lowest BCUT2D eigenvalue weighted by Gasteiger charge is -2.59. The molecule has 3 saturated carbocycles. The zero-order chi connectivity index (χ0) is 39.2. The van der Waals surface area contributed by atoms with Crippen molar-refractivity contribution in [2.45, 2.75) is 161 Å². The van der Waals surface area contributed by atoms with E-state index in [1.165, 1.54) is 55.4 Å². The van der Waals surface area contributed by atoms with Crippen LogP contribution in [0.15, 0.2) is 23.4 Å². The Hall–Kier alpha value is -1.82. The van der Waals surface area contributed by atoms with Gasteiger partial charge in [-0.05, 0) is 123 Å². The third kappa shape index (κ3) is 9.31. The normalized spacial score (nSPS) is 33.6. The van der Waals surface area contributed by atoms with E-state index in [2.05, 4.69) is 46.0 Å². The number of carbonyl (C=O) groups is 2. The molecule has 10 nitrogen and oxygen atoms in total. The molecule has 3 fully saturated rings. The highest BCUT2D eigenvalue weighted by Gasteiger charge is 2.59. The molecule has 0 bridgehead atoms. The molecule has 2 unspecified atom stereocenters. The average Bonchev–Trinajstić information content (AvgIpc) is 3.52. The summed E-state index contributed by atoms with van der Waals surface area (Å²) in [5, 5.41) is 44.7. The Morgan fingerprint density at radius 1 is 0.981 bits per heavy atom. The van der Waals surface area contributed by atoms with Crippen LogP contribution in [0.25, 0.3) is 0 Å². The van der Waals surface area contributed by atoms with E-state index in [-0.39, 0.29) is 18.6 Å². The Balaban J connectivity index is 1.40. The van der Waals surface area contributed by atoms with Gasteiger partial charge in [0.05, 0.1) is 26.4 Å². The van der Waals surface area contributed by atoms with Crippen LogP contribution in [0.3, 0.4) is 0 Å². The van der Waals surface area contributed by atoms with Gasteiger partial charge in [0.15, 0.2) is 6.10 Å². The van der Waals surface area contributed by atoms with Crippen LogP contribution in [0.1, 0.15) is 131 Å². The van der Waals surface area contributed by atoms with E-state index in [4.69, 9.17) is 9.47 Å². The lowest BCUT2D eigenvalue weighted by atomic mass is 9.46. The maximum absolute atomic E-state index is 14.4. The van der Waals surface area contributed by atoms with Gasteiger partial charge in [-0.1, -0.05) is 71.6 Å². The molecule has 0 saturated heterocycles. The largest absolute Gasteiger partial charge is 0.394 e. The topological polar surface area (TPSA) is 149 Å². The van der Waals surface area contributed by atoms with Crippen LogP contribution in [0.5, 0.6) is 0 Å². The van der Waals surface area contributed by atoms with Crippen LogP contribution < -0.4 is 5.32 Å². The number of allylic oxidation sites excluding steroid dienone is 3. The molecule has 5 rings (SSSR count). The van der Waals surface area contributed by atoms with Gasteiger partial charge in [0, 0.05) is 18.8 Å². The van der Waals surface area contributed by atoms with Gasteiger partial charge in [-0.15, -0.1) is 0 Å². The smallest absolute Gasteiger partial charge is 0.255 e. The molecule has 0 radical (unpaired) electrons. The number of nitrogens with one attached hydrogen (secondary N) is 1. The van der Waals surface area contributed by atoms with Crippen LogP contribution in [0.4, 0.5) is 0 Å². The molecule has 0 heterocycles. The third-order valence-corrected chi connectivity index (χ3v) is 15.0. The number of ether oxygens (including phenoxy) is 2. The lowest BCUT2D eigenvalue weighted by Crippen LogP contribution is -2.62. The summed E-state index contributed by atoms with van der Waals surface area (Å²) >= 11 is 0. The summed E-state index contributed by atoms with van der Waals surface area (Å²) in [7, 11) is 1.57. The molecule has 5 aliphatic rings. The molecule has 5 N–H and O–H groups in total. The Kier molecular flexibility index (Phi) is 15.3. The number of aliphatic hydroxyl groups is 4. The fourth-order valence-corrected chi connectivity index (χ4v) is 11.9. The second-order valence-electron chi connectivity index (χ2n) is 18.7. The predicted octanol–water partition coefficient (Wildman–Crippen LogP) is 5.91. The van der Waals surface area contributed by atoms with Gasteiger partial charge in [0.1, 0.15) is 18.2 Å². The van der Waals surface area contributed by atoms with Gasteiger partial charge in [-0.3, -0.25) is 9.59 Å². The first-order valence-electron chi connectivity index (χ1n) is 21.5. The Morgan fingerprint density at radius 2 is 1.76 bits per heavy atom. The van der Waals surface area contributed by atoms with Crippen molar-refractivity contribution in [2.75, 3.05) is 33.5 Å². The first kappa shape index (κ1) is 43.3. The molecule has 0 aliphatic heterocycles. The van der Waals surface area contributed by atoms with Gasteiger partial charge < -0.3 is 40.1 Å². The highest BCUT2D eigenvalue weighted by Crippen LogP contribution is 2.67. The van der Waals surface area contributed by atoms with Crippen molar-refractivity contribution in [3.63, 3.8) is 0 Å². The third-order valence-electron chi connectivity index (χ3n) is 15.0. The standard InChI is InChI=1S/C44H74N2O8/c1-28(2)11-10-12-29(3)34-17-18-35-33-16-15-30-25-32(19-21-43(30,4)36(33)20-22-44(34,35)5)46(42(52)40(50)39(49)38(48)26-47)37(27-54-24-23-53-6)41(51)45-31-13-8-7-9-14-31/h13,15,28-29,32-40,47-50H,7-12,14,16-27H2,1-6H3,(H,45,51)/t29-,32?,33+,34-,35+,36+,37?,38-,39-,40+,43+,44-/m1/s1. The molecule has 0 aromatic rings. The molecule has 5 aliphatic carbocycles. The van der Waals surface area contributed by atoms with E-state index >= 15 is 0 Å². The summed E-state index contributed by atoms with van der Waals surface area (Å²) in [6, 6.07) is -1.52. The maximum atomic E-state index is 14.4. The summed E-state index contributed by atoms with van der Waals surface area (Å²) in [5.41, 5.74) is 2.52. The second kappa shape index (κ2) is 19.1. The van der Waals surface area contributed by atoms with Crippen LogP contribution >= 0.6 is 0 Å². The van der Waals surface area contributed by atoms with Gasteiger partial charge in [0.25, 0.3) is 5.91 Å². The number of carbonyl (C=O) groups excluding carboxylic acids is 2. The van der Waals surface area contributed by atoms with E-state index in [1.54, 1.807) is 7.11 Å². The molecule has 0 aromatic heterocycles. The minimum atomic E-state index is -2.03. The highest BCUT2D eigenvalue weighted by atomic mass is 16.5. The van der Waals surface area contributed by atoms with Gasteiger partial charge in [-0.25, -0.2) is 0 Å². The van der Waals surface area contributed by atoms with E-state index in [0.29, 0.717) is 36.7 Å². The molecule has 2 amide bonds. The first-order valence-corrected chi connectivity index (χ1v) is 21.5. The number of methoxy groups -OCH3 is 1. The molecular formula is C44H74N2O8. The Bertz CT molecular complexity index is 1320. The Labute approximate surface area is 325 Å². The molecular weight excluding hydrogens is 684 g/mol. The fourth-order valence-electron chi connectivity index (χ4n) is 11.9. The summed E-state index contributed by atoms with van der Waals surface area (Å²) in [6.07, 6.45) is 14.6. The van der Waals surface area contributed by atoms with Crippen molar-refractivity contribution in [3.8, 4) is 0 Å². The van der Waals surface area contributed by atoms with Crippen LogP contribution in [-0.4, -0.2) is 101 Å². The van der Waals surface area contributed by atoms with E-state index in [9.17, 15) is 30.0 Å². The van der Waals surface area contributed by atoms with Crippen molar-refractivity contribution in [1.82, 2.24) is 10.2 Å². The van der Waals surface area contributed by atoms with Crippen molar-refractivity contribution >= 4 is 11.8 Å². The van der Waals surface area contributed by atoms with Crippen LogP contribution in [-0.2, 0) is 19.1 Å². The molecule has 12 atom stereocenters. The monoisotopic (exact) mass is 759 g/mol. The summed E-state index contributed by atoms with van der Waals surface area (Å²) in [4.78, 5) is 30.0. The molecule has 54 heavy (non-hydrogen) atoms. The zero-order valence-electron chi connectivity index (χ0n) is 34.3. The number of hydrogen-bond donors (Lipinski definition) is 5. The number of hydrogen-bond acceptors (Lipinski definition) is 8. The van der Waals surface area contributed by atoms with Crippen molar-refractivity contribution in [3.05, 3.63) is 23.4 Å². The van der Waals surface area contributed by atoms with Gasteiger partial charge in [0.2, 0.25) is 5.91 Å². The SMILES string of the molecule is COCCOCC(C(=O)NC1=CCCCC1)N(C(=O)[C@@H](O)[C@H](O)[C@H](O)CO)C1CC[C@@]2(C)C(=CC[C@H]3[C@@H]4CC[C@H]([C@H](C)CCCC(C)C)[C@@]4(C)CC[C@@H]32)C1. The second-order valence-corrected chi connectivity index (χ2v) is 18.7. The van der Waals surface area contributed by atoms with Gasteiger partial charge >= 0.3 is 0 Å². The van der Waals surface area contributed by atoms with Gasteiger partial charge in [-0.2, -0.15) is 0 Å². The Morgan fingerprint density at radius 3 is 2.44 bits per heavy atom. The first-order chi connectivity index (χ1) is 25.8. The number of fused-ring (bicyclic) bond motifs is 5. The maximum Gasteiger partial charge on any atom is 0.255 e. The predicted molar refractivity (Wildman–Crippen MR) is 210 cm³/mol. The fraction of sp³-hybridized carbons (Fsp3) is 0.864. The van der Waals surface area contributed by atoms with E-state index < -0.39 is 48.8 Å². The number of aliphatic hydroxyl groups excluding tert-OH is 4. The quantitative estimate of drug-likeness (QED) is 0.0857. The van der Waals surface area contributed by atoms with Crippen LogP contribution in [0.2, 0.25) is 0 Å². The van der Waals surface area contributed by atoms with Crippen molar-refractivity contribution in [1.29, 1.82) is 0 Å².